The maximum absolute atomic E-state index is 13.8. The standard InChI is InChI=1S/C26H19FN8O/c1-2-23(36)31-18-6-15(8-29-11-18)14-3-4-21-19(7-14)25(35-34-21)26-32-22-13-30-12-20(24(22)33-26)16-5-17(27)10-28-9-16/h3-13H,2H2,1H3,(H,31,36)(H,32,33)(H,34,35). The van der Waals surface area contributed by atoms with Crippen LogP contribution in [0.2, 0.25) is 0 Å². The maximum atomic E-state index is 13.8. The average molecular weight is 478 g/mol. The number of nitrogens with one attached hydrogen (secondary N) is 3. The zero-order chi connectivity index (χ0) is 24.6. The van der Waals surface area contributed by atoms with Gasteiger partial charge in [-0.1, -0.05) is 13.0 Å². The molecule has 0 aliphatic carbocycles. The molecule has 0 aliphatic heterocycles. The molecular weight excluding hydrogens is 459 g/mol. The number of imidazole rings is 1. The smallest absolute Gasteiger partial charge is 0.224 e. The Balaban J connectivity index is 1.43. The van der Waals surface area contributed by atoms with Crippen LogP contribution in [0.3, 0.4) is 0 Å². The maximum Gasteiger partial charge on any atom is 0.224 e. The van der Waals surface area contributed by atoms with Crippen molar-refractivity contribution in [3.8, 4) is 33.8 Å². The summed E-state index contributed by atoms with van der Waals surface area (Å²) in [7, 11) is 0. The van der Waals surface area contributed by atoms with E-state index in [1.54, 1.807) is 37.9 Å². The highest BCUT2D eigenvalue weighted by atomic mass is 19.1. The number of aromatic nitrogens is 7. The van der Waals surface area contributed by atoms with Crippen LogP contribution in [0.1, 0.15) is 13.3 Å². The Bertz CT molecular complexity index is 1760. The zero-order valence-corrected chi connectivity index (χ0v) is 19.1. The third-order valence-corrected chi connectivity index (χ3v) is 5.87. The average Bonchev–Trinajstić information content (AvgIpc) is 3.52. The van der Waals surface area contributed by atoms with Crippen molar-refractivity contribution < 1.29 is 9.18 Å². The zero-order valence-electron chi connectivity index (χ0n) is 19.1. The Morgan fingerprint density at radius 2 is 1.75 bits per heavy atom. The van der Waals surface area contributed by atoms with E-state index in [0.717, 1.165) is 28.2 Å². The number of halogens is 1. The summed E-state index contributed by atoms with van der Waals surface area (Å²) in [5, 5.41) is 11.2. The minimum atomic E-state index is -0.432. The van der Waals surface area contributed by atoms with Crippen LogP contribution in [0.4, 0.5) is 10.1 Å². The van der Waals surface area contributed by atoms with Crippen molar-refractivity contribution in [3.63, 3.8) is 0 Å². The second-order valence-electron chi connectivity index (χ2n) is 8.26. The number of carbonyl (C=O) groups is 1. The summed E-state index contributed by atoms with van der Waals surface area (Å²) >= 11 is 0. The summed E-state index contributed by atoms with van der Waals surface area (Å²) in [5.74, 6) is 0.0438. The molecule has 0 atom stereocenters. The van der Waals surface area contributed by atoms with Gasteiger partial charge < -0.3 is 10.3 Å². The summed E-state index contributed by atoms with van der Waals surface area (Å²) < 4.78 is 13.8. The van der Waals surface area contributed by atoms with Crippen molar-refractivity contribution in [2.24, 2.45) is 0 Å². The number of H-pyrrole nitrogens is 2. The first-order valence-electron chi connectivity index (χ1n) is 11.3. The molecule has 0 saturated heterocycles. The number of hydrogen-bond acceptors (Lipinski definition) is 6. The molecule has 5 aromatic heterocycles. The fraction of sp³-hybridized carbons (Fsp3) is 0.0769. The molecule has 0 bridgehead atoms. The molecule has 9 nitrogen and oxygen atoms in total. The first-order chi connectivity index (χ1) is 17.6. The summed E-state index contributed by atoms with van der Waals surface area (Å²) in [6.45, 7) is 1.80. The van der Waals surface area contributed by atoms with Gasteiger partial charge in [0, 0.05) is 47.1 Å². The first-order valence-corrected chi connectivity index (χ1v) is 11.3. The van der Waals surface area contributed by atoms with E-state index in [4.69, 9.17) is 4.98 Å². The summed E-state index contributed by atoms with van der Waals surface area (Å²) in [6, 6.07) is 9.18. The lowest BCUT2D eigenvalue weighted by Crippen LogP contribution is -2.09. The molecule has 0 radical (unpaired) electrons. The minimum absolute atomic E-state index is 0.0747. The Hall–Kier alpha value is -4.99. The second kappa shape index (κ2) is 8.66. The number of carbonyl (C=O) groups excluding carboxylic acids is 1. The Morgan fingerprint density at radius 3 is 2.61 bits per heavy atom. The fourth-order valence-corrected chi connectivity index (χ4v) is 4.11. The highest BCUT2D eigenvalue weighted by Gasteiger charge is 2.16. The van der Waals surface area contributed by atoms with Gasteiger partial charge in [-0.15, -0.1) is 0 Å². The third kappa shape index (κ3) is 3.84. The van der Waals surface area contributed by atoms with Crippen LogP contribution in [0, 0.1) is 5.82 Å². The molecule has 0 spiro atoms. The monoisotopic (exact) mass is 478 g/mol. The summed E-state index contributed by atoms with van der Waals surface area (Å²) in [4.78, 5) is 32.3. The van der Waals surface area contributed by atoms with Gasteiger partial charge >= 0.3 is 0 Å². The number of aromatic amines is 2. The SMILES string of the molecule is CCC(=O)Nc1cncc(-c2ccc3[nH]nc(-c4nc5c(-c6cncc(F)c6)cncc5[nH]4)c3c2)c1. The van der Waals surface area contributed by atoms with Crippen LogP contribution >= 0.6 is 0 Å². The van der Waals surface area contributed by atoms with Crippen LogP contribution in [-0.2, 0) is 4.79 Å². The van der Waals surface area contributed by atoms with Crippen LogP contribution in [0.5, 0.6) is 0 Å². The lowest BCUT2D eigenvalue weighted by atomic mass is 10.0. The van der Waals surface area contributed by atoms with Crippen molar-refractivity contribution in [2.45, 2.75) is 13.3 Å². The van der Waals surface area contributed by atoms with E-state index in [1.807, 2.05) is 24.3 Å². The van der Waals surface area contributed by atoms with Gasteiger partial charge in [0.2, 0.25) is 5.91 Å². The Kier molecular flexibility index (Phi) is 5.18. The molecule has 0 saturated carbocycles. The second-order valence-corrected chi connectivity index (χ2v) is 8.26. The van der Waals surface area contributed by atoms with Gasteiger partial charge in [-0.2, -0.15) is 5.10 Å². The molecule has 10 heteroatoms. The van der Waals surface area contributed by atoms with Crippen LogP contribution in [-0.4, -0.2) is 41.0 Å². The van der Waals surface area contributed by atoms with Gasteiger partial charge in [0.05, 0.1) is 35.3 Å². The number of pyridine rings is 3. The van der Waals surface area contributed by atoms with Crippen molar-refractivity contribution in [1.82, 2.24) is 35.1 Å². The molecule has 1 amide bonds. The number of nitrogens with zero attached hydrogens (tertiary/aromatic N) is 5. The number of fused-ring (bicyclic) bond motifs is 2. The number of amides is 1. The lowest BCUT2D eigenvalue weighted by Gasteiger charge is -2.06. The van der Waals surface area contributed by atoms with Crippen LogP contribution < -0.4 is 5.32 Å². The highest BCUT2D eigenvalue weighted by Crippen LogP contribution is 2.33. The number of benzene rings is 1. The van der Waals surface area contributed by atoms with Gasteiger partial charge in [-0.3, -0.25) is 24.8 Å². The fourth-order valence-electron chi connectivity index (χ4n) is 4.11. The topological polar surface area (TPSA) is 125 Å². The molecule has 0 unspecified atom stereocenters. The molecule has 6 rings (SSSR count). The van der Waals surface area contributed by atoms with E-state index >= 15 is 0 Å². The first kappa shape index (κ1) is 21.5. The number of rotatable bonds is 5. The van der Waals surface area contributed by atoms with Crippen LogP contribution in [0.15, 0.2) is 67.5 Å². The number of hydrogen-bond donors (Lipinski definition) is 3. The van der Waals surface area contributed by atoms with Crippen molar-refractivity contribution in [2.75, 3.05) is 5.32 Å². The predicted molar refractivity (Wildman–Crippen MR) is 134 cm³/mol. The molecular formula is C26H19FN8O. The molecule has 5 heterocycles. The summed E-state index contributed by atoms with van der Waals surface area (Å²) in [5.41, 5.74) is 6.46. The largest absolute Gasteiger partial charge is 0.335 e. The number of anilines is 1. The molecule has 1 aromatic carbocycles. The van der Waals surface area contributed by atoms with Gasteiger partial charge in [-0.25, -0.2) is 9.37 Å². The highest BCUT2D eigenvalue weighted by molar-refractivity contribution is 5.98. The van der Waals surface area contributed by atoms with E-state index in [0.29, 0.717) is 45.8 Å². The van der Waals surface area contributed by atoms with Gasteiger partial charge in [0.15, 0.2) is 5.82 Å². The Morgan fingerprint density at radius 1 is 0.917 bits per heavy atom. The van der Waals surface area contributed by atoms with Gasteiger partial charge in [0.1, 0.15) is 17.0 Å². The van der Waals surface area contributed by atoms with E-state index in [9.17, 15) is 9.18 Å². The van der Waals surface area contributed by atoms with Crippen LogP contribution in [0.25, 0.3) is 55.7 Å². The molecule has 6 aromatic rings. The van der Waals surface area contributed by atoms with E-state index in [2.05, 4.69) is 35.5 Å². The van der Waals surface area contributed by atoms with Crippen molar-refractivity contribution >= 4 is 33.5 Å². The normalized spacial score (nSPS) is 11.3. The lowest BCUT2D eigenvalue weighted by molar-refractivity contribution is -0.115. The van der Waals surface area contributed by atoms with Crippen molar-refractivity contribution in [1.29, 1.82) is 0 Å². The van der Waals surface area contributed by atoms with E-state index < -0.39 is 5.82 Å². The Labute approximate surface area is 203 Å². The van der Waals surface area contributed by atoms with Gasteiger partial charge in [0.25, 0.3) is 0 Å². The van der Waals surface area contributed by atoms with E-state index in [-0.39, 0.29) is 5.91 Å². The predicted octanol–water partition coefficient (Wildman–Crippen LogP) is 5.11. The van der Waals surface area contributed by atoms with Gasteiger partial charge in [-0.05, 0) is 29.8 Å². The van der Waals surface area contributed by atoms with E-state index in [1.165, 1.54) is 6.07 Å². The molecule has 3 N–H and O–H groups in total. The molecule has 0 aliphatic rings. The van der Waals surface area contributed by atoms with Crippen molar-refractivity contribution in [3.05, 3.63) is 73.3 Å². The molecule has 0 fully saturated rings. The quantitative estimate of drug-likeness (QED) is 0.316. The molecule has 36 heavy (non-hydrogen) atoms. The molecule has 176 valence electrons. The summed E-state index contributed by atoms with van der Waals surface area (Å²) in [6.07, 6.45) is 9.80. The third-order valence-electron chi connectivity index (χ3n) is 5.87. The minimum Gasteiger partial charge on any atom is -0.335 e.